The fourth-order valence-electron chi connectivity index (χ4n) is 3.96. The van der Waals surface area contributed by atoms with Crippen LogP contribution < -0.4 is 0 Å². The van der Waals surface area contributed by atoms with Gasteiger partial charge in [0.1, 0.15) is 0 Å². The zero-order chi connectivity index (χ0) is 11.9. The summed E-state index contributed by atoms with van der Waals surface area (Å²) in [4.78, 5) is 0. The van der Waals surface area contributed by atoms with E-state index in [1.54, 1.807) is 38.5 Å². The quantitative estimate of drug-likeness (QED) is 0.488. The highest BCUT2D eigenvalue weighted by atomic mass is 14.3. The molecule has 0 N–H and O–H groups in total. The second kappa shape index (κ2) is 7.44. The molecule has 0 heterocycles. The minimum Gasteiger partial charge on any atom is -0.0654 e. The van der Waals surface area contributed by atoms with Crippen LogP contribution in [0.5, 0.6) is 0 Å². The van der Waals surface area contributed by atoms with Crippen molar-refractivity contribution in [1.82, 2.24) is 0 Å². The molecule has 100 valence electrons. The molecule has 1 atom stereocenters. The lowest BCUT2D eigenvalue weighted by molar-refractivity contribution is 0.177. The average Bonchev–Trinajstić information content (AvgIpc) is 2.76. The van der Waals surface area contributed by atoms with E-state index < -0.39 is 0 Å². The SMILES string of the molecule is CCCC[C@H](CCCC1CCCC1)C1CCC1. The van der Waals surface area contributed by atoms with Gasteiger partial charge >= 0.3 is 0 Å². The Morgan fingerprint density at radius 1 is 0.882 bits per heavy atom. The fraction of sp³-hybridized carbons (Fsp3) is 1.00. The predicted octanol–water partition coefficient (Wildman–Crippen LogP) is 5.95. The summed E-state index contributed by atoms with van der Waals surface area (Å²) in [5, 5.41) is 0. The van der Waals surface area contributed by atoms with Crippen LogP contribution in [0.1, 0.15) is 90.4 Å². The molecule has 2 rings (SSSR count). The van der Waals surface area contributed by atoms with Gasteiger partial charge in [-0.15, -0.1) is 0 Å². The highest BCUT2D eigenvalue weighted by Crippen LogP contribution is 2.39. The maximum Gasteiger partial charge on any atom is -0.0386 e. The molecule has 2 aliphatic carbocycles. The minimum atomic E-state index is 1.10. The van der Waals surface area contributed by atoms with E-state index >= 15 is 0 Å². The highest BCUT2D eigenvalue weighted by molar-refractivity contribution is 4.78. The molecular formula is C17H32. The monoisotopic (exact) mass is 236 g/mol. The number of hydrogen-bond acceptors (Lipinski definition) is 0. The van der Waals surface area contributed by atoms with Crippen LogP contribution in [0.25, 0.3) is 0 Å². The van der Waals surface area contributed by atoms with Gasteiger partial charge in [0.2, 0.25) is 0 Å². The second-order valence-electron chi connectivity index (χ2n) is 6.67. The molecule has 0 radical (unpaired) electrons. The molecule has 17 heavy (non-hydrogen) atoms. The van der Waals surface area contributed by atoms with Gasteiger partial charge in [-0.05, 0) is 17.8 Å². The summed E-state index contributed by atoms with van der Waals surface area (Å²) in [6.45, 7) is 2.34. The normalized spacial score (nSPS) is 23.8. The molecule has 0 aromatic carbocycles. The van der Waals surface area contributed by atoms with Gasteiger partial charge in [0, 0.05) is 0 Å². The van der Waals surface area contributed by atoms with Gasteiger partial charge in [-0.3, -0.25) is 0 Å². The molecule has 0 amide bonds. The summed E-state index contributed by atoms with van der Waals surface area (Å²) in [5.41, 5.74) is 0. The molecular weight excluding hydrogens is 204 g/mol. The summed E-state index contributed by atoms with van der Waals surface area (Å²) >= 11 is 0. The first-order valence-corrected chi connectivity index (χ1v) is 8.40. The fourth-order valence-corrected chi connectivity index (χ4v) is 3.96. The third-order valence-corrected chi connectivity index (χ3v) is 5.41. The molecule has 2 saturated carbocycles. The molecule has 0 aromatic rings. The molecule has 0 saturated heterocycles. The van der Waals surface area contributed by atoms with Crippen LogP contribution in [-0.2, 0) is 0 Å². The molecule has 0 spiro atoms. The molecule has 0 aromatic heterocycles. The van der Waals surface area contributed by atoms with Crippen LogP contribution in [-0.4, -0.2) is 0 Å². The van der Waals surface area contributed by atoms with Crippen LogP contribution >= 0.6 is 0 Å². The van der Waals surface area contributed by atoms with Gasteiger partial charge < -0.3 is 0 Å². The van der Waals surface area contributed by atoms with Crippen molar-refractivity contribution in [2.24, 2.45) is 17.8 Å². The van der Waals surface area contributed by atoms with E-state index in [9.17, 15) is 0 Å². The van der Waals surface area contributed by atoms with Crippen molar-refractivity contribution in [3.8, 4) is 0 Å². The maximum atomic E-state index is 2.34. The Bertz CT molecular complexity index is 186. The maximum absolute atomic E-state index is 2.34. The van der Waals surface area contributed by atoms with Gasteiger partial charge in [-0.2, -0.15) is 0 Å². The van der Waals surface area contributed by atoms with E-state index in [1.807, 2.05) is 0 Å². The lowest BCUT2D eigenvalue weighted by Crippen LogP contribution is -2.22. The zero-order valence-electron chi connectivity index (χ0n) is 11.9. The Balaban J connectivity index is 1.61. The summed E-state index contributed by atoms with van der Waals surface area (Å²) in [6.07, 6.45) is 19.8. The average molecular weight is 236 g/mol. The summed E-state index contributed by atoms with van der Waals surface area (Å²) < 4.78 is 0. The summed E-state index contributed by atoms with van der Waals surface area (Å²) in [5.74, 6) is 3.35. The van der Waals surface area contributed by atoms with Gasteiger partial charge in [0.05, 0.1) is 0 Å². The van der Waals surface area contributed by atoms with Gasteiger partial charge in [-0.1, -0.05) is 90.4 Å². The molecule has 0 unspecified atom stereocenters. The molecule has 2 aliphatic rings. The Kier molecular flexibility index (Phi) is 5.88. The van der Waals surface area contributed by atoms with Gasteiger partial charge in [-0.25, -0.2) is 0 Å². The van der Waals surface area contributed by atoms with Crippen LogP contribution in [0.15, 0.2) is 0 Å². The predicted molar refractivity (Wildman–Crippen MR) is 76.2 cm³/mol. The summed E-state index contributed by atoms with van der Waals surface area (Å²) in [6, 6.07) is 0. The lowest BCUT2D eigenvalue weighted by Gasteiger charge is -2.34. The third-order valence-electron chi connectivity index (χ3n) is 5.41. The van der Waals surface area contributed by atoms with Crippen LogP contribution in [0.3, 0.4) is 0 Å². The topological polar surface area (TPSA) is 0 Å². The van der Waals surface area contributed by atoms with Crippen molar-refractivity contribution in [2.75, 3.05) is 0 Å². The van der Waals surface area contributed by atoms with E-state index in [0.717, 1.165) is 17.8 Å². The number of unbranched alkanes of at least 4 members (excludes halogenated alkanes) is 1. The van der Waals surface area contributed by atoms with Crippen molar-refractivity contribution in [2.45, 2.75) is 90.4 Å². The van der Waals surface area contributed by atoms with Crippen LogP contribution in [0.2, 0.25) is 0 Å². The van der Waals surface area contributed by atoms with Crippen LogP contribution in [0, 0.1) is 17.8 Å². The first-order valence-electron chi connectivity index (χ1n) is 8.40. The highest BCUT2D eigenvalue weighted by Gasteiger charge is 2.26. The Morgan fingerprint density at radius 3 is 2.18 bits per heavy atom. The lowest BCUT2D eigenvalue weighted by atomic mass is 9.72. The molecule has 0 heteroatoms. The zero-order valence-corrected chi connectivity index (χ0v) is 11.9. The Morgan fingerprint density at radius 2 is 1.59 bits per heavy atom. The number of rotatable bonds is 8. The molecule has 0 bridgehead atoms. The second-order valence-corrected chi connectivity index (χ2v) is 6.67. The van der Waals surface area contributed by atoms with Crippen molar-refractivity contribution in [3.63, 3.8) is 0 Å². The van der Waals surface area contributed by atoms with Gasteiger partial charge in [0.15, 0.2) is 0 Å². The Labute approximate surface area is 109 Å². The molecule has 0 aliphatic heterocycles. The standard InChI is InChI=1S/C17H32/c1-2-3-11-16(17-13-7-14-17)12-6-10-15-8-4-5-9-15/h15-17H,2-14H2,1H3/t16-/m1/s1. The first kappa shape index (κ1) is 13.4. The molecule has 2 fully saturated rings. The first-order chi connectivity index (χ1) is 8.40. The van der Waals surface area contributed by atoms with E-state index in [-0.39, 0.29) is 0 Å². The largest absolute Gasteiger partial charge is 0.0654 e. The van der Waals surface area contributed by atoms with E-state index in [4.69, 9.17) is 0 Å². The Hall–Kier alpha value is 0. The smallest absolute Gasteiger partial charge is 0.0386 e. The molecule has 0 nitrogen and oxygen atoms in total. The van der Waals surface area contributed by atoms with E-state index in [2.05, 4.69) is 6.92 Å². The van der Waals surface area contributed by atoms with Crippen LogP contribution in [0.4, 0.5) is 0 Å². The third kappa shape index (κ3) is 4.30. The van der Waals surface area contributed by atoms with E-state index in [1.165, 1.54) is 44.9 Å². The van der Waals surface area contributed by atoms with Crippen molar-refractivity contribution < 1.29 is 0 Å². The summed E-state index contributed by atoms with van der Waals surface area (Å²) in [7, 11) is 0. The van der Waals surface area contributed by atoms with Crippen molar-refractivity contribution >= 4 is 0 Å². The van der Waals surface area contributed by atoms with Crippen molar-refractivity contribution in [1.29, 1.82) is 0 Å². The van der Waals surface area contributed by atoms with Gasteiger partial charge in [0.25, 0.3) is 0 Å². The van der Waals surface area contributed by atoms with E-state index in [0.29, 0.717) is 0 Å². The number of hydrogen-bond donors (Lipinski definition) is 0. The minimum absolute atomic E-state index is 1.10. The van der Waals surface area contributed by atoms with Crippen molar-refractivity contribution in [3.05, 3.63) is 0 Å².